The molecule has 1 saturated carbocycles. The van der Waals surface area contributed by atoms with Crippen molar-refractivity contribution in [2.45, 2.75) is 69.3 Å². The zero-order chi connectivity index (χ0) is 23.5. The van der Waals surface area contributed by atoms with Gasteiger partial charge in [0, 0.05) is 13.7 Å². The van der Waals surface area contributed by atoms with E-state index >= 15 is 0 Å². The predicted octanol–water partition coefficient (Wildman–Crippen LogP) is 6.46. The molecule has 0 aromatic heterocycles. The smallest absolute Gasteiger partial charge is 0.416 e. The molecule has 4 rings (SSSR count). The van der Waals surface area contributed by atoms with Crippen molar-refractivity contribution in [2.75, 3.05) is 13.7 Å². The van der Waals surface area contributed by atoms with Crippen molar-refractivity contribution in [3.05, 3.63) is 70.8 Å². The number of hydrogen-bond donors (Lipinski definition) is 0. The summed E-state index contributed by atoms with van der Waals surface area (Å²) < 4.78 is 52.1. The molecule has 0 unspecified atom stereocenters. The summed E-state index contributed by atoms with van der Waals surface area (Å²) in [6.07, 6.45) is 1.19. The molecule has 0 bridgehead atoms. The zero-order valence-electron chi connectivity index (χ0n) is 18.9. The Morgan fingerprint density at radius 1 is 1.06 bits per heavy atom. The Morgan fingerprint density at radius 2 is 1.76 bits per heavy atom. The molecule has 1 aliphatic heterocycles. The molecule has 0 spiro atoms. The van der Waals surface area contributed by atoms with Gasteiger partial charge in [-0.3, -0.25) is 4.90 Å². The monoisotopic (exact) mass is 461 g/mol. The van der Waals surface area contributed by atoms with Gasteiger partial charge in [0.05, 0.1) is 17.2 Å². The van der Waals surface area contributed by atoms with Gasteiger partial charge in [0.15, 0.2) is 0 Å². The Morgan fingerprint density at radius 3 is 2.39 bits per heavy atom. The van der Waals surface area contributed by atoms with E-state index in [0.717, 1.165) is 55.7 Å². The highest BCUT2D eigenvalue weighted by atomic mass is 19.4. The average Bonchev–Trinajstić information content (AvgIpc) is 3.00. The van der Waals surface area contributed by atoms with Gasteiger partial charge in [0.2, 0.25) is 0 Å². The second kappa shape index (κ2) is 9.75. The number of methoxy groups -OCH3 is 1. The van der Waals surface area contributed by atoms with Gasteiger partial charge >= 0.3 is 12.3 Å². The second-order valence-electron chi connectivity index (χ2n) is 9.03. The Balaban J connectivity index is 1.70. The lowest BCUT2D eigenvalue weighted by molar-refractivity contribution is -0.137. The van der Waals surface area contributed by atoms with Crippen molar-refractivity contribution in [1.82, 2.24) is 4.90 Å². The van der Waals surface area contributed by atoms with Crippen LogP contribution in [-0.2, 0) is 34.2 Å². The molecule has 1 atom stereocenters. The molecule has 0 radical (unpaired) electrons. The fourth-order valence-corrected chi connectivity index (χ4v) is 5.15. The molecule has 1 saturated heterocycles. The molecular formula is C26H30F3NO3. The number of carbonyl (C=O) groups is 1. The first-order valence-corrected chi connectivity index (χ1v) is 11.6. The highest BCUT2D eigenvalue weighted by Gasteiger charge is 2.40. The Kier molecular flexibility index (Phi) is 6.98. The minimum absolute atomic E-state index is 0.0562. The number of nitrogens with zero attached hydrogens (tertiary/aromatic N) is 1. The first-order valence-electron chi connectivity index (χ1n) is 11.6. The van der Waals surface area contributed by atoms with Gasteiger partial charge < -0.3 is 9.47 Å². The average molecular weight is 462 g/mol. The molecule has 178 valence electrons. The van der Waals surface area contributed by atoms with Gasteiger partial charge in [0.25, 0.3) is 0 Å². The quantitative estimate of drug-likeness (QED) is 0.463. The minimum atomic E-state index is -4.47. The molecular weight excluding hydrogens is 431 g/mol. The van der Waals surface area contributed by atoms with Gasteiger partial charge in [0.1, 0.15) is 6.61 Å². The highest BCUT2D eigenvalue weighted by Crippen LogP contribution is 2.42. The largest absolute Gasteiger partial charge is 0.447 e. The van der Waals surface area contributed by atoms with Crippen LogP contribution in [0.25, 0.3) is 0 Å². The van der Waals surface area contributed by atoms with Gasteiger partial charge in [-0.25, -0.2) is 4.79 Å². The van der Waals surface area contributed by atoms with Crippen LogP contribution in [0.15, 0.2) is 48.5 Å². The molecule has 1 amide bonds. The molecule has 1 heterocycles. The summed E-state index contributed by atoms with van der Waals surface area (Å²) in [5.41, 5.74) is 0.915. The standard InChI is InChI=1S/C26H30F3NO3/c1-32-25(13-7-2-3-8-14-25)23-12-11-21(26(27,28)29)16-20(23)17-30-22(18-33-24(30)31)15-19-9-5-4-6-10-19/h4-6,9-12,16,22H,2-3,7-8,13-15,17-18H2,1H3/t22-/m0/s1. The number of rotatable bonds is 6. The van der Waals surface area contributed by atoms with Crippen molar-refractivity contribution < 1.29 is 27.4 Å². The van der Waals surface area contributed by atoms with E-state index in [9.17, 15) is 18.0 Å². The molecule has 33 heavy (non-hydrogen) atoms. The van der Waals surface area contributed by atoms with Gasteiger partial charge in [-0.15, -0.1) is 0 Å². The van der Waals surface area contributed by atoms with E-state index in [1.54, 1.807) is 18.1 Å². The number of alkyl halides is 3. The maximum absolute atomic E-state index is 13.6. The Bertz CT molecular complexity index is 953. The normalized spacial score (nSPS) is 21.0. The van der Waals surface area contributed by atoms with E-state index < -0.39 is 23.4 Å². The van der Waals surface area contributed by atoms with E-state index in [1.165, 1.54) is 6.07 Å². The van der Waals surface area contributed by atoms with Crippen LogP contribution < -0.4 is 0 Å². The molecule has 4 nitrogen and oxygen atoms in total. The van der Waals surface area contributed by atoms with E-state index in [2.05, 4.69) is 0 Å². The van der Waals surface area contributed by atoms with Crippen molar-refractivity contribution in [1.29, 1.82) is 0 Å². The third-order valence-corrected chi connectivity index (χ3v) is 6.95. The van der Waals surface area contributed by atoms with E-state index in [1.807, 2.05) is 30.3 Å². The van der Waals surface area contributed by atoms with Crippen molar-refractivity contribution >= 4 is 6.09 Å². The minimum Gasteiger partial charge on any atom is -0.447 e. The first kappa shape index (κ1) is 23.6. The molecule has 0 N–H and O–H groups in total. The molecule has 7 heteroatoms. The Labute approximate surface area is 192 Å². The zero-order valence-corrected chi connectivity index (χ0v) is 18.9. The van der Waals surface area contributed by atoms with Gasteiger partial charge in [-0.1, -0.05) is 62.1 Å². The van der Waals surface area contributed by atoms with Gasteiger partial charge in [-0.2, -0.15) is 13.2 Å². The fraction of sp³-hybridized carbons (Fsp3) is 0.500. The summed E-state index contributed by atoms with van der Waals surface area (Å²) in [4.78, 5) is 14.2. The van der Waals surface area contributed by atoms with E-state index in [0.29, 0.717) is 12.0 Å². The van der Waals surface area contributed by atoms with Crippen LogP contribution in [0.1, 0.15) is 60.8 Å². The molecule has 2 aliphatic rings. The Hall–Kier alpha value is -2.54. The van der Waals surface area contributed by atoms with Crippen LogP contribution in [0.4, 0.5) is 18.0 Å². The van der Waals surface area contributed by atoms with Crippen LogP contribution in [0, 0.1) is 0 Å². The lowest BCUT2D eigenvalue weighted by Crippen LogP contribution is -2.36. The number of cyclic esters (lactones) is 1. The molecule has 2 aromatic rings. The van der Waals surface area contributed by atoms with Crippen LogP contribution in [0.2, 0.25) is 0 Å². The summed E-state index contributed by atoms with van der Waals surface area (Å²) in [6.45, 7) is 0.276. The van der Waals surface area contributed by atoms with Crippen LogP contribution in [0.5, 0.6) is 0 Å². The number of ether oxygens (including phenoxy) is 2. The second-order valence-corrected chi connectivity index (χ2v) is 9.03. The van der Waals surface area contributed by atoms with Crippen LogP contribution in [0.3, 0.4) is 0 Å². The topological polar surface area (TPSA) is 38.8 Å². The van der Waals surface area contributed by atoms with Crippen molar-refractivity contribution in [2.24, 2.45) is 0 Å². The summed E-state index contributed by atoms with van der Waals surface area (Å²) >= 11 is 0. The number of benzene rings is 2. The highest BCUT2D eigenvalue weighted by molar-refractivity contribution is 5.70. The van der Waals surface area contributed by atoms with E-state index in [4.69, 9.17) is 9.47 Å². The predicted molar refractivity (Wildman–Crippen MR) is 119 cm³/mol. The molecule has 1 aliphatic carbocycles. The molecule has 2 aromatic carbocycles. The summed E-state index contributed by atoms with van der Waals surface area (Å²) in [5.74, 6) is 0. The SMILES string of the molecule is COC1(c2ccc(C(F)(F)F)cc2CN2C(=O)OC[C@@H]2Cc2ccccc2)CCCCCC1. The molecule has 2 fully saturated rings. The summed E-state index contributed by atoms with van der Waals surface area (Å²) in [5, 5.41) is 0. The maximum Gasteiger partial charge on any atom is 0.416 e. The maximum atomic E-state index is 13.6. The van der Waals surface area contributed by atoms with Crippen molar-refractivity contribution in [3.8, 4) is 0 Å². The van der Waals surface area contributed by atoms with E-state index in [-0.39, 0.29) is 19.2 Å². The lowest BCUT2D eigenvalue weighted by Gasteiger charge is -2.35. The number of amides is 1. The van der Waals surface area contributed by atoms with Crippen LogP contribution in [-0.4, -0.2) is 30.8 Å². The number of halogens is 3. The first-order chi connectivity index (χ1) is 15.8. The lowest BCUT2D eigenvalue weighted by atomic mass is 9.82. The summed E-state index contributed by atoms with van der Waals surface area (Å²) in [7, 11) is 1.63. The third-order valence-electron chi connectivity index (χ3n) is 6.95. The fourth-order valence-electron chi connectivity index (χ4n) is 5.15. The number of hydrogen-bond acceptors (Lipinski definition) is 3. The van der Waals surface area contributed by atoms with Crippen LogP contribution >= 0.6 is 0 Å². The van der Waals surface area contributed by atoms with Gasteiger partial charge in [-0.05, 0) is 48.1 Å². The summed E-state index contributed by atoms with van der Waals surface area (Å²) in [6, 6.07) is 13.4. The third kappa shape index (κ3) is 5.18. The number of carbonyl (C=O) groups excluding carboxylic acids is 1. The van der Waals surface area contributed by atoms with Crippen molar-refractivity contribution in [3.63, 3.8) is 0 Å².